The number of likely N-dealkylation sites (N-methyl/N-ethyl adjacent to an activating group) is 1. The lowest BCUT2D eigenvalue weighted by Gasteiger charge is -2.23. The molecular weight excluding hydrogens is 356 g/mol. The molecule has 1 aliphatic carbocycles. The molecule has 4 rings (SSSR count). The molecule has 28 heavy (non-hydrogen) atoms. The van der Waals surface area contributed by atoms with Gasteiger partial charge in [0.2, 0.25) is 11.8 Å². The summed E-state index contributed by atoms with van der Waals surface area (Å²) in [5.41, 5.74) is 1.52. The molecule has 1 amide bonds. The minimum atomic E-state index is -0.408. The normalized spacial score (nSPS) is 15.0. The molecule has 0 radical (unpaired) electrons. The van der Waals surface area contributed by atoms with Crippen LogP contribution in [0, 0.1) is 0 Å². The van der Waals surface area contributed by atoms with Crippen LogP contribution in [0.25, 0.3) is 10.9 Å². The number of hydrogen-bond donors (Lipinski definition) is 0. The first kappa shape index (κ1) is 18.4. The number of hydrogen-bond acceptors (Lipinski definition) is 5. The van der Waals surface area contributed by atoms with Crippen molar-refractivity contribution in [2.45, 2.75) is 51.6 Å². The number of Topliss-reactive ketones (excluding diaryl/α,β-unsaturated/α-hetero) is 1. The molecule has 0 saturated heterocycles. The van der Waals surface area contributed by atoms with E-state index in [0.717, 1.165) is 29.6 Å². The topological polar surface area (TPSA) is 81.2 Å². The monoisotopic (exact) mass is 380 g/mol. The Bertz CT molecular complexity index is 1030. The van der Waals surface area contributed by atoms with Gasteiger partial charge in [-0.05, 0) is 32.3 Å². The number of rotatable bonds is 7. The predicted octanol–water partition coefficient (Wildman–Crippen LogP) is 3.71. The van der Waals surface area contributed by atoms with Crippen LogP contribution in [-0.4, -0.2) is 38.3 Å². The van der Waals surface area contributed by atoms with Gasteiger partial charge >= 0.3 is 0 Å². The van der Waals surface area contributed by atoms with E-state index in [9.17, 15) is 9.59 Å². The summed E-state index contributed by atoms with van der Waals surface area (Å²) in [4.78, 5) is 31.3. The highest BCUT2D eigenvalue weighted by molar-refractivity contribution is 6.07. The Balaban J connectivity index is 1.59. The molecule has 3 aromatic rings. The van der Waals surface area contributed by atoms with Crippen molar-refractivity contribution in [2.24, 2.45) is 0 Å². The maximum atomic E-state index is 13.2. The molecule has 1 atom stereocenters. The summed E-state index contributed by atoms with van der Waals surface area (Å²) < 4.78 is 7.22. The van der Waals surface area contributed by atoms with Crippen molar-refractivity contribution in [1.29, 1.82) is 0 Å². The fourth-order valence-electron chi connectivity index (χ4n) is 3.61. The number of fused-ring (bicyclic) bond motifs is 1. The molecule has 2 aromatic heterocycles. The number of para-hydroxylation sites is 1. The van der Waals surface area contributed by atoms with Gasteiger partial charge in [-0.1, -0.05) is 30.3 Å². The molecule has 7 heteroatoms. The first-order valence-electron chi connectivity index (χ1n) is 9.67. The van der Waals surface area contributed by atoms with Crippen LogP contribution in [0.3, 0.4) is 0 Å². The second-order valence-electron chi connectivity index (χ2n) is 7.46. The van der Waals surface area contributed by atoms with E-state index in [1.165, 1.54) is 0 Å². The summed E-state index contributed by atoms with van der Waals surface area (Å²) in [5, 5.41) is 4.88. The molecule has 0 bridgehead atoms. The third-order valence-electron chi connectivity index (χ3n) is 5.30. The van der Waals surface area contributed by atoms with Gasteiger partial charge in [0, 0.05) is 35.6 Å². The summed E-state index contributed by atoms with van der Waals surface area (Å²) in [6.45, 7) is 3.79. The Morgan fingerprint density at radius 1 is 1.32 bits per heavy atom. The van der Waals surface area contributed by atoms with Gasteiger partial charge in [-0.3, -0.25) is 9.59 Å². The Morgan fingerprint density at radius 2 is 2.07 bits per heavy atom. The van der Waals surface area contributed by atoms with E-state index in [1.54, 1.807) is 25.1 Å². The molecule has 1 aromatic carbocycles. The lowest BCUT2D eigenvalue weighted by Crippen LogP contribution is -2.33. The van der Waals surface area contributed by atoms with Gasteiger partial charge in [0.1, 0.15) is 6.04 Å². The maximum absolute atomic E-state index is 13.2. The van der Waals surface area contributed by atoms with E-state index < -0.39 is 6.04 Å². The quantitative estimate of drug-likeness (QED) is 0.584. The molecule has 1 fully saturated rings. The van der Waals surface area contributed by atoms with Crippen molar-refractivity contribution >= 4 is 22.6 Å². The average Bonchev–Trinajstić information content (AvgIpc) is 3.31. The Labute approximate surface area is 163 Å². The minimum Gasteiger partial charge on any atom is -0.337 e. The lowest BCUT2D eigenvalue weighted by molar-refractivity contribution is -0.134. The zero-order valence-corrected chi connectivity index (χ0v) is 16.4. The third-order valence-corrected chi connectivity index (χ3v) is 5.30. The largest absolute Gasteiger partial charge is 0.337 e. The van der Waals surface area contributed by atoms with E-state index in [4.69, 9.17) is 4.52 Å². The van der Waals surface area contributed by atoms with Gasteiger partial charge in [-0.25, -0.2) is 0 Å². The summed E-state index contributed by atoms with van der Waals surface area (Å²) in [7, 11) is 1.74. The third kappa shape index (κ3) is 3.32. The SMILES string of the molecule is CC[C@H](C(=O)N(C)Cc1nc(C2CC2)no1)n1cc(C(C)=O)c2ccccc21. The van der Waals surface area contributed by atoms with Crippen LogP contribution < -0.4 is 0 Å². The molecular formula is C21H24N4O3. The van der Waals surface area contributed by atoms with Gasteiger partial charge < -0.3 is 14.0 Å². The molecule has 146 valence electrons. The number of carbonyl (C=O) groups excluding carboxylic acids is 2. The van der Waals surface area contributed by atoms with Gasteiger partial charge in [-0.15, -0.1) is 0 Å². The lowest BCUT2D eigenvalue weighted by atomic mass is 10.1. The molecule has 0 unspecified atom stereocenters. The van der Waals surface area contributed by atoms with Crippen molar-refractivity contribution < 1.29 is 14.1 Å². The van der Waals surface area contributed by atoms with Crippen LogP contribution in [0.1, 0.15) is 67.1 Å². The average molecular weight is 380 g/mol. The predicted molar refractivity (Wildman–Crippen MR) is 104 cm³/mol. The summed E-state index contributed by atoms with van der Waals surface area (Å²) >= 11 is 0. The van der Waals surface area contributed by atoms with Crippen molar-refractivity contribution in [2.75, 3.05) is 7.05 Å². The van der Waals surface area contributed by atoms with E-state index >= 15 is 0 Å². The molecule has 0 aliphatic heterocycles. The number of amides is 1. The molecule has 0 spiro atoms. The van der Waals surface area contributed by atoms with Crippen LogP contribution in [0.5, 0.6) is 0 Å². The number of nitrogens with zero attached hydrogens (tertiary/aromatic N) is 4. The summed E-state index contributed by atoms with van der Waals surface area (Å²) in [5.74, 6) is 1.55. The van der Waals surface area contributed by atoms with Crippen LogP contribution in [0.15, 0.2) is 35.0 Å². The molecule has 1 saturated carbocycles. The van der Waals surface area contributed by atoms with E-state index in [2.05, 4.69) is 10.1 Å². The van der Waals surface area contributed by atoms with Crippen LogP contribution in [-0.2, 0) is 11.3 Å². The van der Waals surface area contributed by atoms with Crippen molar-refractivity contribution in [3.63, 3.8) is 0 Å². The number of benzene rings is 1. The van der Waals surface area contributed by atoms with Crippen LogP contribution >= 0.6 is 0 Å². The highest BCUT2D eigenvalue weighted by atomic mass is 16.5. The second kappa shape index (κ2) is 7.22. The standard InChI is InChI=1S/C21H24N4O3/c1-4-17(25-11-16(13(2)26)15-7-5-6-8-18(15)25)21(27)24(3)12-19-22-20(23-28-19)14-9-10-14/h5-8,11,14,17H,4,9-10,12H2,1-3H3/t17-/m1/s1. The molecule has 7 nitrogen and oxygen atoms in total. The smallest absolute Gasteiger partial charge is 0.246 e. The van der Waals surface area contributed by atoms with Gasteiger partial charge in [0.05, 0.1) is 6.54 Å². The van der Waals surface area contributed by atoms with E-state index in [-0.39, 0.29) is 18.2 Å². The highest BCUT2D eigenvalue weighted by Gasteiger charge is 2.30. The Morgan fingerprint density at radius 3 is 2.75 bits per heavy atom. The van der Waals surface area contributed by atoms with Gasteiger partial charge in [0.15, 0.2) is 11.6 Å². The van der Waals surface area contributed by atoms with Gasteiger partial charge in [0.25, 0.3) is 0 Å². The fourth-order valence-corrected chi connectivity index (χ4v) is 3.61. The second-order valence-corrected chi connectivity index (χ2v) is 7.46. The Hall–Kier alpha value is -2.96. The van der Waals surface area contributed by atoms with Crippen molar-refractivity contribution in [3.8, 4) is 0 Å². The van der Waals surface area contributed by atoms with Crippen molar-refractivity contribution in [3.05, 3.63) is 47.7 Å². The fraction of sp³-hybridized carbons (Fsp3) is 0.429. The molecule has 0 N–H and O–H groups in total. The first-order valence-corrected chi connectivity index (χ1v) is 9.67. The number of carbonyl (C=O) groups is 2. The number of aromatic nitrogens is 3. The molecule has 1 aliphatic rings. The van der Waals surface area contributed by atoms with E-state index in [1.807, 2.05) is 35.8 Å². The minimum absolute atomic E-state index is 0.0101. The van der Waals surface area contributed by atoms with Gasteiger partial charge in [-0.2, -0.15) is 4.98 Å². The Kier molecular flexibility index (Phi) is 4.75. The van der Waals surface area contributed by atoms with E-state index in [0.29, 0.717) is 23.8 Å². The summed E-state index contributed by atoms with van der Waals surface area (Å²) in [6.07, 6.45) is 4.61. The van der Waals surface area contributed by atoms with Crippen molar-refractivity contribution in [1.82, 2.24) is 19.6 Å². The van der Waals surface area contributed by atoms with Crippen LogP contribution in [0.4, 0.5) is 0 Å². The maximum Gasteiger partial charge on any atom is 0.246 e. The zero-order chi connectivity index (χ0) is 19.8. The highest BCUT2D eigenvalue weighted by Crippen LogP contribution is 2.38. The molecule has 2 heterocycles. The number of ketones is 1. The first-order chi connectivity index (χ1) is 13.5. The summed E-state index contributed by atoms with van der Waals surface area (Å²) in [6, 6.07) is 7.27. The van der Waals surface area contributed by atoms with Crippen LogP contribution in [0.2, 0.25) is 0 Å². The zero-order valence-electron chi connectivity index (χ0n) is 16.4.